The Morgan fingerprint density at radius 1 is 1.14 bits per heavy atom. The maximum absolute atomic E-state index is 7.57. The van der Waals surface area contributed by atoms with Crippen LogP contribution >= 0.6 is 37.2 Å². The molecule has 1 nitrogen and oxygen atoms in total. The Kier molecular flexibility index (Phi) is 254. The van der Waals surface area contributed by atoms with Gasteiger partial charge in [-0.1, -0.05) is 0 Å². The quantitative estimate of drug-likeness (QED) is 0.682. The van der Waals surface area contributed by atoms with Crippen LogP contribution in [0.3, 0.4) is 0 Å². The molecule has 0 rings (SSSR count). The third-order valence-corrected chi connectivity index (χ3v) is 0. The van der Waals surface area contributed by atoms with Gasteiger partial charge in [0.25, 0.3) is 0 Å². The van der Waals surface area contributed by atoms with Crippen molar-refractivity contribution in [3.63, 3.8) is 0 Å². The molecule has 0 spiro atoms. The van der Waals surface area contributed by atoms with Crippen molar-refractivity contribution in [1.82, 2.24) is 0 Å². The van der Waals surface area contributed by atoms with Crippen LogP contribution in [0.15, 0.2) is 0 Å². The zero-order chi connectivity index (χ0) is 2.71. The van der Waals surface area contributed by atoms with E-state index in [2.05, 4.69) is 0 Å². The zero-order valence-electron chi connectivity index (χ0n) is 3.88. The predicted octanol–water partition coefficient (Wildman–Crippen LogP) is 1.26. The van der Waals surface area contributed by atoms with Gasteiger partial charge >= 0.3 is 0 Å². The second-order valence-corrected chi connectivity index (χ2v) is 0.316. The Hall–Kier alpha value is 1.71. The van der Waals surface area contributed by atoms with E-state index in [4.69, 9.17) is 5.11 Å². The van der Waals surface area contributed by atoms with E-state index in [1.54, 1.807) is 6.92 Å². The van der Waals surface area contributed by atoms with Gasteiger partial charge in [-0.25, -0.2) is 0 Å². The number of rotatable bonds is 0. The van der Waals surface area contributed by atoms with Gasteiger partial charge in [0.15, 0.2) is 0 Å². The van der Waals surface area contributed by atoms with Crippen LogP contribution in [0, 0.1) is 0 Å². The van der Waals surface area contributed by atoms with Gasteiger partial charge in [0.2, 0.25) is 0 Å². The Morgan fingerprint density at radius 3 is 1.14 bits per heavy atom. The minimum absolute atomic E-state index is 0. The van der Waals surface area contributed by atoms with Gasteiger partial charge < -0.3 is 5.11 Å². The van der Waals surface area contributed by atoms with Crippen LogP contribution in [0.2, 0.25) is 0 Å². The first-order chi connectivity index (χ1) is 1.41. The molecule has 0 fully saturated rings. The number of aliphatic hydroxyl groups excluding tert-OH is 1. The monoisotopic (exact) mass is 244 g/mol. The Balaban J connectivity index is -0.00000000333. The van der Waals surface area contributed by atoms with Gasteiger partial charge in [-0.2, -0.15) is 0 Å². The molecule has 7 heavy (non-hydrogen) atoms. The molecule has 0 aliphatic heterocycles. The summed E-state index contributed by atoms with van der Waals surface area (Å²) in [5.74, 6) is 0. The second kappa shape index (κ2) is 47.2. The van der Waals surface area contributed by atoms with Crippen molar-refractivity contribution < 1.29 is 31.3 Å². The average molecular weight is 247 g/mol. The molecule has 0 unspecified atom stereocenters. The third kappa shape index (κ3) is 85.8. The van der Waals surface area contributed by atoms with Crippen molar-refractivity contribution in [3.05, 3.63) is 0 Å². The number of hydrogen-bond donors (Lipinski definition) is 1. The first kappa shape index (κ1) is 37.6. The molecule has 5 heteroatoms. The van der Waals surface area contributed by atoms with E-state index in [9.17, 15) is 0 Å². The Bertz CT molecular complexity index is 12.9. The smallest absolute Gasteiger partial charge is 0.0402 e. The first-order valence-corrected chi connectivity index (χ1v) is 1.02. The summed E-state index contributed by atoms with van der Waals surface area (Å²) in [4.78, 5) is 0. The molecule has 0 aromatic rings. The summed E-state index contributed by atoms with van der Waals surface area (Å²) in [6.07, 6.45) is 0. The van der Waals surface area contributed by atoms with Crippen LogP contribution in [-0.2, 0) is 26.2 Å². The summed E-state index contributed by atoms with van der Waals surface area (Å²) < 4.78 is 0. The maximum Gasteiger partial charge on any atom is 0.0402 e. The molecule has 0 aliphatic carbocycles. The molecule has 0 heterocycles. The maximum atomic E-state index is 7.57. The van der Waals surface area contributed by atoms with Gasteiger partial charge in [-0.15, -0.1) is 37.2 Å². The standard InChI is InChI=1S/C2H6O.3ClH.Zr/c1-2-3;;;;/h3H,2H2,1H3;3*1H;. The average Bonchev–Trinajstić information content (AvgIpc) is 0.918. The SMILES string of the molecule is CCO.Cl.Cl.Cl.[Zr]. The molecule has 0 atom stereocenters. The van der Waals surface area contributed by atoms with Crippen LogP contribution in [0.25, 0.3) is 0 Å². The van der Waals surface area contributed by atoms with Crippen molar-refractivity contribution >= 4 is 37.2 Å². The summed E-state index contributed by atoms with van der Waals surface area (Å²) in [6.45, 7) is 1.93. The summed E-state index contributed by atoms with van der Waals surface area (Å²) in [7, 11) is 0. The molecule has 0 bridgehead atoms. The summed E-state index contributed by atoms with van der Waals surface area (Å²) in [6, 6.07) is 0. The van der Waals surface area contributed by atoms with E-state index in [-0.39, 0.29) is 70.0 Å². The molecule has 0 aliphatic rings. The van der Waals surface area contributed by atoms with Crippen LogP contribution < -0.4 is 0 Å². The Labute approximate surface area is 81.6 Å². The first-order valence-electron chi connectivity index (χ1n) is 1.02. The third-order valence-electron chi connectivity index (χ3n) is 0. The Morgan fingerprint density at radius 2 is 1.14 bits per heavy atom. The van der Waals surface area contributed by atoms with Crippen molar-refractivity contribution in [2.75, 3.05) is 6.61 Å². The van der Waals surface area contributed by atoms with Crippen molar-refractivity contribution in [1.29, 1.82) is 0 Å². The number of halogens is 3. The summed E-state index contributed by atoms with van der Waals surface area (Å²) >= 11 is 0. The van der Waals surface area contributed by atoms with E-state index in [0.29, 0.717) is 0 Å². The van der Waals surface area contributed by atoms with Gasteiger partial charge in [0.1, 0.15) is 0 Å². The minimum Gasteiger partial charge on any atom is -0.397 e. The molecular formula is C2H9Cl3OZr. The van der Waals surface area contributed by atoms with Crippen LogP contribution in [0.5, 0.6) is 0 Å². The molecule has 0 radical (unpaired) electrons. The molecule has 1 N–H and O–H groups in total. The van der Waals surface area contributed by atoms with Crippen LogP contribution in [0.4, 0.5) is 0 Å². The fraction of sp³-hybridized carbons (Fsp3) is 1.00. The summed E-state index contributed by atoms with van der Waals surface area (Å²) in [5.41, 5.74) is 0. The summed E-state index contributed by atoms with van der Waals surface area (Å²) in [5, 5.41) is 7.57. The van der Waals surface area contributed by atoms with Crippen LogP contribution in [0.1, 0.15) is 6.92 Å². The fourth-order valence-electron chi connectivity index (χ4n) is 0. The largest absolute Gasteiger partial charge is 0.397 e. The van der Waals surface area contributed by atoms with Crippen molar-refractivity contribution in [3.8, 4) is 0 Å². The number of hydrogen-bond acceptors (Lipinski definition) is 1. The molecule has 0 amide bonds. The predicted molar refractivity (Wildman–Crippen MR) is 34.5 cm³/mol. The van der Waals surface area contributed by atoms with Gasteiger partial charge in [0, 0.05) is 32.8 Å². The number of aliphatic hydroxyl groups is 1. The van der Waals surface area contributed by atoms with Crippen molar-refractivity contribution in [2.24, 2.45) is 0 Å². The molecule has 0 saturated heterocycles. The van der Waals surface area contributed by atoms with Gasteiger partial charge in [-0.3, -0.25) is 0 Å². The second-order valence-electron chi connectivity index (χ2n) is 0.316. The van der Waals surface area contributed by atoms with E-state index in [1.807, 2.05) is 0 Å². The molecular weight excluding hydrogens is 238 g/mol. The van der Waals surface area contributed by atoms with Crippen LogP contribution in [-0.4, -0.2) is 11.7 Å². The zero-order valence-corrected chi connectivity index (χ0v) is 8.79. The van der Waals surface area contributed by atoms with E-state index >= 15 is 0 Å². The topological polar surface area (TPSA) is 20.2 Å². The normalized spacial score (nSPS) is 2.57. The van der Waals surface area contributed by atoms with Crippen molar-refractivity contribution in [2.45, 2.75) is 6.92 Å². The molecule has 0 aromatic carbocycles. The van der Waals surface area contributed by atoms with Gasteiger partial charge in [0.05, 0.1) is 0 Å². The molecule has 0 aromatic heterocycles. The minimum atomic E-state index is 0. The van der Waals surface area contributed by atoms with E-state index < -0.39 is 0 Å². The van der Waals surface area contributed by atoms with E-state index in [1.165, 1.54) is 0 Å². The van der Waals surface area contributed by atoms with E-state index in [0.717, 1.165) is 0 Å². The fourth-order valence-corrected chi connectivity index (χ4v) is 0. The molecule has 48 valence electrons. The molecule has 0 saturated carbocycles. The van der Waals surface area contributed by atoms with Gasteiger partial charge in [-0.05, 0) is 6.92 Å².